The lowest BCUT2D eigenvalue weighted by Gasteiger charge is -2.24. The van der Waals surface area contributed by atoms with E-state index in [0.717, 1.165) is 6.54 Å². The van der Waals surface area contributed by atoms with Crippen LogP contribution in [0, 0.1) is 5.92 Å². The summed E-state index contributed by atoms with van der Waals surface area (Å²) >= 11 is 3.78. The molecule has 0 aromatic carbocycles. The number of nitrogens with zero attached hydrogens (tertiary/aromatic N) is 1. The zero-order valence-electron chi connectivity index (χ0n) is 9.95. The number of aliphatic imine (C=N–C) groups is 1. The maximum atomic E-state index is 4.66. The topological polar surface area (TPSA) is 24.4 Å². The fourth-order valence-electron chi connectivity index (χ4n) is 1.56. The highest BCUT2D eigenvalue weighted by Crippen LogP contribution is 2.16. The van der Waals surface area contributed by atoms with Gasteiger partial charge in [0.1, 0.15) is 0 Å². The monoisotopic (exact) mass is 246 g/mol. The highest BCUT2D eigenvalue weighted by molar-refractivity contribution is 8.13. The molecule has 1 heterocycles. The summed E-state index contributed by atoms with van der Waals surface area (Å²) in [6, 6.07) is 0.654. The third-order valence-electron chi connectivity index (χ3n) is 2.52. The van der Waals surface area contributed by atoms with Gasteiger partial charge in [-0.2, -0.15) is 11.8 Å². The van der Waals surface area contributed by atoms with E-state index >= 15 is 0 Å². The van der Waals surface area contributed by atoms with E-state index in [4.69, 9.17) is 0 Å². The van der Waals surface area contributed by atoms with Gasteiger partial charge >= 0.3 is 0 Å². The number of rotatable bonds is 5. The van der Waals surface area contributed by atoms with Crippen molar-refractivity contribution in [3.8, 4) is 0 Å². The predicted octanol–water partition coefficient (Wildman–Crippen LogP) is 2.85. The molecule has 2 atom stereocenters. The molecule has 0 amide bonds. The lowest BCUT2D eigenvalue weighted by Crippen LogP contribution is -2.37. The Morgan fingerprint density at radius 2 is 2.47 bits per heavy atom. The minimum absolute atomic E-state index is 0.654. The summed E-state index contributed by atoms with van der Waals surface area (Å²) in [7, 11) is 0. The first-order valence-electron chi connectivity index (χ1n) is 5.69. The quantitative estimate of drug-likeness (QED) is 0.807. The molecule has 1 aliphatic heterocycles. The van der Waals surface area contributed by atoms with Crippen LogP contribution in [0.15, 0.2) is 4.99 Å². The van der Waals surface area contributed by atoms with Crippen molar-refractivity contribution in [1.29, 1.82) is 0 Å². The van der Waals surface area contributed by atoms with Gasteiger partial charge in [0, 0.05) is 18.3 Å². The molecule has 1 N–H and O–H groups in total. The maximum absolute atomic E-state index is 4.66. The van der Waals surface area contributed by atoms with Gasteiger partial charge in [-0.05, 0) is 30.8 Å². The summed E-state index contributed by atoms with van der Waals surface area (Å²) in [5.74, 6) is 3.12. The fraction of sp³-hybridized carbons (Fsp3) is 0.909. The van der Waals surface area contributed by atoms with E-state index in [2.05, 4.69) is 30.4 Å². The Hall–Kier alpha value is 0.170. The standard InChI is InChI=1S/C11H22N2S2/c1-4-10-5-6-15-11(13-10)12-7-9(2)8-14-3/h9-10H,4-8H2,1-3H3,(H,12,13). The van der Waals surface area contributed by atoms with E-state index in [1.807, 2.05) is 23.5 Å². The molecule has 0 aromatic heterocycles. The molecule has 1 fully saturated rings. The molecular formula is C11H22N2S2. The fourth-order valence-corrected chi connectivity index (χ4v) is 3.25. The van der Waals surface area contributed by atoms with Crippen molar-refractivity contribution in [3.63, 3.8) is 0 Å². The van der Waals surface area contributed by atoms with Gasteiger partial charge in [-0.15, -0.1) is 0 Å². The van der Waals surface area contributed by atoms with E-state index in [9.17, 15) is 0 Å². The Morgan fingerprint density at radius 3 is 3.13 bits per heavy atom. The molecule has 15 heavy (non-hydrogen) atoms. The van der Waals surface area contributed by atoms with Crippen LogP contribution in [0.25, 0.3) is 0 Å². The molecule has 1 saturated heterocycles. The molecule has 0 spiro atoms. The summed E-state index contributed by atoms with van der Waals surface area (Å²) in [6.07, 6.45) is 4.64. The number of hydrogen-bond acceptors (Lipinski definition) is 3. The molecule has 2 nitrogen and oxygen atoms in total. The Bertz CT molecular complexity index is 207. The van der Waals surface area contributed by atoms with Gasteiger partial charge in [0.25, 0.3) is 0 Å². The predicted molar refractivity (Wildman–Crippen MR) is 74.1 cm³/mol. The molecule has 1 aliphatic rings. The van der Waals surface area contributed by atoms with Crippen molar-refractivity contribution in [2.45, 2.75) is 32.7 Å². The highest BCUT2D eigenvalue weighted by atomic mass is 32.2. The second-order valence-electron chi connectivity index (χ2n) is 4.09. The molecule has 0 aliphatic carbocycles. The van der Waals surface area contributed by atoms with Gasteiger partial charge in [0.2, 0.25) is 0 Å². The van der Waals surface area contributed by atoms with Crippen molar-refractivity contribution < 1.29 is 0 Å². The SMILES string of the molecule is CCC1CCSC(=NCC(C)CSC)N1. The minimum atomic E-state index is 0.654. The average molecular weight is 246 g/mol. The summed E-state index contributed by atoms with van der Waals surface area (Å²) in [4.78, 5) is 4.66. The van der Waals surface area contributed by atoms with Crippen LogP contribution in [-0.4, -0.2) is 35.5 Å². The van der Waals surface area contributed by atoms with Crippen molar-refractivity contribution in [1.82, 2.24) is 5.32 Å². The summed E-state index contributed by atoms with van der Waals surface area (Å²) in [5, 5.41) is 4.67. The first kappa shape index (κ1) is 13.2. The molecule has 0 saturated carbocycles. The van der Waals surface area contributed by atoms with Crippen LogP contribution in [0.3, 0.4) is 0 Å². The molecule has 88 valence electrons. The Kier molecular flexibility index (Phi) is 6.57. The van der Waals surface area contributed by atoms with Crippen LogP contribution in [0.5, 0.6) is 0 Å². The van der Waals surface area contributed by atoms with Gasteiger partial charge < -0.3 is 5.32 Å². The molecule has 0 bridgehead atoms. The Labute approximate surface area is 102 Å². The van der Waals surface area contributed by atoms with Crippen LogP contribution in [0.2, 0.25) is 0 Å². The van der Waals surface area contributed by atoms with Crippen molar-refractivity contribution in [3.05, 3.63) is 0 Å². The number of thioether (sulfide) groups is 2. The first-order valence-corrected chi connectivity index (χ1v) is 8.07. The minimum Gasteiger partial charge on any atom is -0.362 e. The van der Waals surface area contributed by atoms with Crippen LogP contribution >= 0.6 is 23.5 Å². The first-order chi connectivity index (χ1) is 7.26. The number of nitrogens with one attached hydrogen (secondary N) is 1. The van der Waals surface area contributed by atoms with Crippen LogP contribution in [-0.2, 0) is 0 Å². The van der Waals surface area contributed by atoms with E-state index in [1.54, 1.807) is 0 Å². The van der Waals surface area contributed by atoms with E-state index in [0.29, 0.717) is 12.0 Å². The lowest BCUT2D eigenvalue weighted by molar-refractivity contribution is 0.568. The highest BCUT2D eigenvalue weighted by Gasteiger charge is 2.15. The normalized spacial score (nSPS) is 26.3. The second-order valence-corrected chi connectivity index (χ2v) is 6.09. The second kappa shape index (κ2) is 7.44. The molecule has 0 radical (unpaired) electrons. The maximum Gasteiger partial charge on any atom is 0.156 e. The van der Waals surface area contributed by atoms with Crippen LogP contribution in [0.1, 0.15) is 26.7 Å². The van der Waals surface area contributed by atoms with Gasteiger partial charge in [-0.1, -0.05) is 25.6 Å². The molecule has 2 unspecified atom stereocenters. The largest absolute Gasteiger partial charge is 0.362 e. The van der Waals surface area contributed by atoms with E-state index in [-0.39, 0.29) is 0 Å². The smallest absolute Gasteiger partial charge is 0.156 e. The van der Waals surface area contributed by atoms with Crippen molar-refractivity contribution in [2.24, 2.45) is 10.9 Å². The molecular weight excluding hydrogens is 224 g/mol. The van der Waals surface area contributed by atoms with Gasteiger partial charge in [-0.3, -0.25) is 4.99 Å². The Balaban J connectivity index is 2.31. The molecule has 4 heteroatoms. The molecule has 0 aromatic rings. The van der Waals surface area contributed by atoms with Gasteiger partial charge in [0.15, 0.2) is 5.17 Å². The summed E-state index contributed by atoms with van der Waals surface area (Å²) in [5.41, 5.74) is 0. The summed E-state index contributed by atoms with van der Waals surface area (Å²) < 4.78 is 0. The molecule has 1 rings (SSSR count). The third kappa shape index (κ3) is 5.16. The third-order valence-corrected chi connectivity index (χ3v) is 4.39. The average Bonchev–Trinajstić information content (AvgIpc) is 2.27. The van der Waals surface area contributed by atoms with Crippen molar-refractivity contribution >= 4 is 28.7 Å². The summed E-state index contributed by atoms with van der Waals surface area (Å²) in [6.45, 7) is 5.47. The zero-order valence-corrected chi connectivity index (χ0v) is 11.6. The Morgan fingerprint density at radius 1 is 1.67 bits per heavy atom. The van der Waals surface area contributed by atoms with E-state index in [1.165, 1.54) is 29.5 Å². The number of hydrogen-bond donors (Lipinski definition) is 1. The number of amidine groups is 1. The van der Waals surface area contributed by atoms with Crippen molar-refractivity contribution in [2.75, 3.05) is 24.3 Å². The van der Waals surface area contributed by atoms with E-state index < -0.39 is 0 Å². The zero-order chi connectivity index (χ0) is 11.1. The van der Waals surface area contributed by atoms with Crippen LogP contribution < -0.4 is 5.32 Å². The van der Waals surface area contributed by atoms with Gasteiger partial charge in [0.05, 0.1) is 0 Å². The lowest BCUT2D eigenvalue weighted by atomic mass is 10.2. The van der Waals surface area contributed by atoms with Gasteiger partial charge in [-0.25, -0.2) is 0 Å². The van der Waals surface area contributed by atoms with Crippen LogP contribution in [0.4, 0.5) is 0 Å².